The van der Waals surface area contributed by atoms with Gasteiger partial charge in [-0.25, -0.2) is 0 Å². The number of hydrogen-bond acceptors (Lipinski definition) is 5. The molecular weight excluding hydrogens is 410 g/mol. The SMILES string of the molecule is COc1ccc(C(=O)NCCCC(=O)Nc2ccc(CN3CCSCC3)cc2C)cc1. The van der Waals surface area contributed by atoms with Crippen molar-refractivity contribution in [2.45, 2.75) is 26.3 Å². The first-order valence-corrected chi connectivity index (χ1v) is 11.8. The van der Waals surface area contributed by atoms with Crippen LogP contribution in [0.25, 0.3) is 0 Å². The van der Waals surface area contributed by atoms with Crippen molar-refractivity contribution in [3.05, 3.63) is 59.2 Å². The van der Waals surface area contributed by atoms with Gasteiger partial charge in [-0.3, -0.25) is 14.5 Å². The second kappa shape index (κ2) is 11.8. The summed E-state index contributed by atoms with van der Waals surface area (Å²) in [6.45, 7) is 5.71. The maximum atomic E-state index is 12.3. The number of hydrogen-bond donors (Lipinski definition) is 2. The molecule has 2 N–H and O–H groups in total. The van der Waals surface area contributed by atoms with Crippen LogP contribution in [0.4, 0.5) is 5.69 Å². The highest BCUT2D eigenvalue weighted by molar-refractivity contribution is 7.99. The summed E-state index contributed by atoms with van der Waals surface area (Å²) in [5.41, 5.74) is 3.78. The number of ether oxygens (including phenoxy) is 1. The summed E-state index contributed by atoms with van der Waals surface area (Å²) in [5.74, 6) is 2.92. The Bertz CT molecular complexity index is 880. The number of methoxy groups -OCH3 is 1. The maximum Gasteiger partial charge on any atom is 0.251 e. The predicted molar refractivity (Wildman–Crippen MR) is 127 cm³/mol. The van der Waals surface area contributed by atoms with Crippen LogP contribution >= 0.6 is 11.8 Å². The lowest BCUT2D eigenvalue weighted by Gasteiger charge is -2.26. The van der Waals surface area contributed by atoms with Gasteiger partial charge in [0.2, 0.25) is 5.91 Å². The van der Waals surface area contributed by atoms with Gasteiger partial charge in [0.1, 0.15) is 5.75 Å². The molecule has 1 aliphatic heterocycles. The zero-order valence-corrected chi connectivity index (χ0v) is 19.1. The minimum Gasteiger partial charge on any atom is -0.497 e. The van der Waals surface area contributed by atoms with E-state index in [1.807, 2.05) is 24.8 Å². The zero-order chi connectivity index (χ0) is 22.1. The van der Waals surface area contributed by atoms with E-state index in [4.69, 9.17) is 4.74 Å². The molecule has 0 aliphatic carbocycles. The van der Waals surface area contributed by atoms with Crippen molar-refractivity contribution >= 4 is 29.3 Å². The van der Waals surface area contributed by atoms with Crippen molar-refractivity contribution in [1.82, 2.24) is 10.2 Å². The van der Waals surface area contributed by atoms with E-state index in [-0.39, 0.29) is 11.8 Å². The van der Waals surface area contributed by atoms with Gasteiger partial charge in [0.15, 0.2) is 0 Å². The number of rotatable bonds is 9. The third kappa shape index (κ3) is 7.29. The third-order valence-electron chi connectivity index (χ3n) is 5.29. The summed E-state index contributed by atoms with van der Waals surface area (Å²) in [6, 6.07) is 13.2. The summed E-state index contributed by atoms with van der Waals surface area (Å²) >= 11 is 2.01. The lowest BCUT2D eigenvalue weighted by atomic mass is 10.1. The second-order valence-electron chi connectivity index (χ2n) is 7.67. The van der Waals surface area contributed by atoms with Gasteiger partial charge in [-0.2, -0.15) is 11.8 Å². The average molecular weight is 442 g/mol. The molecule has 0 radical (unpaired) electrons. The molecule has 0 unspecified atom stereocenters. The maximum absolute atomic E-state index is 12.3. The summed E-state index contributed by atoms with van der Waals surface area (Å²) < 4.78 is 5.09. The fraction of sp³-hybridized carbons (Fsp3) is 0.417. The number of benzene rings is 2. The minimum atomic E-state index is -0.151. The molecule has 1 saturated heterocycles. The molecular formula is C24H31N3O3S. The molecule has 0 spiro atoms. The monoisotopic (exact) mass is 441 g/mol. The van der Waals surface area contributed by atoms with Gasteiger partial charge in [0.25, 0.3) is 5.91 Å². The predicted octanol–water partition coefficient (Wildman–Crippen LogP) is 3.70. The van der Waals surface area contributed by atoms with Gasteiger partial charge in [-0.15, -0.1) is 0 Å². The standard InChI is InChI=1S/C24H31N3O3S/c1-18-16-19(17-27-12-14-31-15-13-27)5-10-22(18)26-23(28)4-3-11-25-24(29)20-6-8-21(30-2)9-7-20/h5-10,16H,3-4,11-15,17H2,1-2H3,(H,25,29)(H,26,28). The molecule has 0 bridgehead atoms. The lowest BCUT2D eigenvalue weighted by molar-refractivity contribution is -0.116. The highest BCUT2D eigenvalue weighted by atomic mass is 32.2. The molecule has 0 atom stereocenters. The molecule has 0 saturated carbocycles. The number of anilines is 1. The van der Waals surface area contributed by atoms with E-state index < -0.39 is 0 Å². The van der Waals surface area contributed by atoms with Crippen LogP contribution in [0.3, 0.4) is 0 Å². The molecule has 2 amide bonds. The van der Waals surface area contributed by atoms with Crippen LogP contribution in [-0.4, -0.2) is 55.0 Å². The number of nitrogens with one attached hydrogen (secondary N) is 2. The normalized spacial score (nSPS) is 14.1. The number of thioether (sulfide) groups is 1. The van der Waals surface area contributed by atoms with Crippen molar-refractivity contribution in [2.24, 2.45) is 0 Å². The smallest absolute Gasteiger partial charge is 0.251 e. The Morgan fingerprint density at radius 3 is 2.52 bits per heavy atom. The van der Waals surface area contributed by atoms with E-state index >= 15 is 0 Å². The number of carbonyl (C=O) groups is 2. The molecule has 1 fully saturated rings. The van der Waals surface area contributed by atoms with Gasteiger partial charge in [0.05, 0.1) is 7.11 Å². The van der Waals surface area contributed by atoms with Gasteiger partial charge in [-0.05, 0) is 54.8 Å². The first-order valence-electron chi connectivity index (χ1n) is 10.7. The molecule has 1 heterocycles. The molecule has 1 aliphatic rings. The van der Waals surface area contributed by atoms with Gasteiger partial charge in [-0.1, -0.05) is 12.1 Å². The van der Waals surface area contributed by atoms with Crippen LogP contribution in [-0.2, 0) is 11.3 Å². The fourth-order valence-electron chi connectivity index (χ4n) is 3.49. The molecule has 2 aromatic rings. The highest BCUT2D eigenvalue weighted by Crippen LogP contribution is 2.19. The van der Waals surface area contributed by atoms with Crippen molar-refractivity contribution in [3.8, 4) is 5.75 Å². The topological polar surface area (TPSA) is 70.7 Å². The van der Waals surface area contributed by atoms with Crippen molar-refractivity contribution in [2.75, 3.05) is 43.6 Å². The summed E-state index contributed by atoms with van der Waals surface area (Å²) in [4.78, 5) is 26.9. The largest absolute Gasteiger partial charge is 0.497 e. The van der Waals surface area contributed by atoms with E-state index in [1.165, 1.54) is 17.1 Å². The quantitative estimate of drug-likeness (QED) is 0.581. The van der Waals surface area contributed by atoms with Crippen LogP contribution in [0.2, 0.25) is 0 Å². The van der Waals surface area contributed by atoms with Crippen molar-refractivity contribution < 1.29 is 14.3 Å². The van der Waals surface area contributed by atoms with Crippen molar-refractivity contribution in [1.29, 1.82) is 0 Å². The molecule has 3 rings (SSSR count). The lowest BCUT2D eigenvalue weighted by Crippen LogP contribution is -2.31. The molecule has 31 heavy (non-hydrogen) atoms. The molecule has 166 valence electrons. The van der Waals surface area contributed by atoms with E-state index in [2.05, 4.69) is 27.7 Å². The van der Waals surface area contributed by atoms with E-state index in [0.717, 1.165) is 30.9 Å². The molecule has 2 aromatic carbocycles. The van der Waals surface area contributed by atoms with E-state index in [0.29, 0.717) is 30.7 Å². The minimum absolute atomic E-state index is 0.0393. The Hall–Kier alpha value is -2.51. The summed E-state index contributed by atoms with van der Waals surface area (Å²) in [5, 5.41) is 5.84. The zero-order valence-electron chi connectivity index (χ0n) is 18.3. The average Bonchev–Trinajstić information content (AvgIpc) is 2.79. The Kier molecular flexibility index (Phi) is 8.79. The summed E-state index contributed by atoms with van der Waals surface area (Å²) in [7, 11) is 1.59. The Balaban J connectivity index is 1.39. The third-order valence-corrected chi connectivity index (χ3v) is 6.24. The van der Waals surface area contributed by atoms with Crippen LogP contribution in [0.5, 0.6) is 5.75 Å². The van der Waals surface area contributed by atoms with Crippen LogP contribution < -0.4 is 15.4 Å². The number of amides is 2. The molecule has 0 aromatic heterocycles. The Labute approximate surface area is 188 Å². The number of aryl methyl sites for hydroxylation is 1. The Morgan fingerprint density at radius 2 is 1.84 bits per heavy atom. The highest BCUT2D eigenvalue weighted by Gasteiger charge is 2.12. The van der Waals surface area contributed by atoms with Crippen LogP contribution in [0.1, 0.15) is 34.3 Å². The van der Waals surface area contributed by atoms with Gasteiger partial charge < -0.3 is 15.4 Å². The number of nitrogens with zero attached hydrogens (tertiary/aromatic N) is 1. The summed E-state index contributed by atoms with van der Waals surface area (Å²) in [6.07, 6.45) is 0.938. The van der Waals surface area contributed by atoms with Crippen molar-refractivity contribution in [3.63, 3.8) is 0 Å². The second-order valence-corrected chi connectivity index (χ2v) is 8.90. The van der Waals surface area contributed by atoms with Crippen LogP contribution in [0, 0.1) is 6.92 Å². The van der Waals surface area contributed by atoms with E-state index in [1.54, 1.807) is 31.4 Å². The van der Waals surface area contributed by atoms with Crippen LogP contribution in [0.15, 0.2) is 42.5 Å². The molecule has 6 nitrogen and oxygen atoms in total. The molecule has 7 heteroatoms. The fourth-order valence-corrected chi connectivity index (χ4v) is 4.47. The number of carbonyl (C=O) groups excluding carboxylic acids is 2. The van der Waals surface area contributed by atoms with E-state index in [9.17, 15) is 9.59 Å². The van der Waals surface area contributed by atoms with Gasteiger partial charge in [0, 0.05) is 55.4 Å². The first kappa shape index (κ1) is 23.2. The van der Waals surface area contributed by atoms with Gasteiger partial charge >= 0.3 is 0 Å². The Morgan fingerprint density at radius 1 is 1.10 bits per heavy atom. The first-order chi connectivity index (χ1) is 15.0.